The van der Waals surface area contributed by atoms with Crippen molar-refractivity contribution in [1.82, 2.24) is 0 Å². The molecule has 2 aromatic carbocycles. The number of nitrogens with one attached hydrogen (secondary N) is 1. The van der Waals surface area contributed by atoms with Crippen molar-refractivity contribution in [1.29, 1.82) is 0 Å². The average Bonchev–Trinajstić information content (AvgIpc) is 3.14. The maximum absolute atomic E-state index is 13.7. The summed E-state index contributed by atoms with van der Waals surface area (Å²) in [5.74, 6) is -1.50. The van der Waals surface area contributed by atoms with Gasteiger partial charge in [0.2, 0.25) is 0 Å². The third-order valence-corrected chi connectivity index (χ3v) is 4.62. The summed E-state index contributed by atoms with van der Waals surface area (Å²) in [6, 6.07) is 10.2. The van der Waals surface area contributed by atoms with Crippen LogP contribution in [0, 0.1) is 5.82 Å². The molecule has 6 heteroatoms. The Kier molecular flexibility index (Phi) is 6.09. The molecule has 0 heterocycles. The summed E-state index contributed by atoms with van der Waals surface area (Å²) >= 11 is 0. The van der Waals surface area contributed by atoms with Crippen molar-refractivity contribution < 1.29 is 23.5 Å². The van der Waals surface area contributed by atoms with E-state index in [1.807, 2.05) is 18.2 Å². The van der Waals surface area contributed by atoms with Gasteiger partial charge in [-0.2, -0.15) is 0 Å². The molecule has 0 fully saturated rings. The molecule has 1 amide bonds. The van der Waals surface area contributed by atoms with E-state index in [4.69, 9.17) is 9.47 Å². The lowest BCUT2D eigenvalue weighted by Gasteiger charge is -2.13. The van der Waals surface area contributed by atoms with Gasteiger partial charge in [0.15, 0.2) is 17.7 Å². The first kappa shape index (κ1) is 19.6. The van der Waals surface area contributed by atoms with Crippen molar-refractivity contribution >= 4 is 23.6 Å². The van der Waals surface area contributed by atoms with Crippen LogP contribution in [0.3, 0.4) is 0 Å². The predicted molar refractivity (Wildman–Crippen MR) is 105 cm³/mol. The Balaban J connectivity index is 1.54. The molecule has 0 aliphatic heterocycles. The van der Waals surface area contributed by atoms with E-state index in [0.29, 0.717) is 11.3 Å². The van der Waals surface area contributed by atoms with E-state index < -0.39 is 23.8 Å². The first-order valence-electron chi connectivity index (χ1n) is 9.11. The molecule has 146 valence electrons. The monoisotopic (exact) mass is 383 g/mol. The van der Waals surface area contributed by atoms with Crippen LogP contribution in [0.25, 0.3) is 6.08 Å². The zero-order valence-corrected chi connectivity index (χ0v) is 15.8. The van der Waals surface area contributed by atoms with Crippen molar-refractivity contribution in [2.45, 2.75) is 32.3 Å². The summed E-state index contributed by atoms with van der Waals surface area (Å²) in [6.45, 7) is 1.50. The molecule has 1 N–H and O–H groups in total. The first-order chi connectivity index (χ1) is 13.5. The number of esters is 1. The number of anilines is 1. The average molecular weight is 383 g/mol. The number of amides is 1. The Hall–Kier alpha value is -3.15. The van der Waals surface area contributed by atoms with Gasteiger partial charge in [-0.3, -0.25) is 4.79 Å². The smallest absolute Gasteiger partial charge is 0.331 e. The molecule has 28 heavy (non-hydrogen) atoms. The number of ether oxygens (including phenoxy) is 2. The van der Waals surface area contributed by atoms with Gasteiger partial charge in [0.25, 0.3) is 5.91 Å². The molecule has 0 saturated heterocycles. The zero-order valence-electron chi connectivity index (χ0n) is 15.8. The summed E-state index contributed by atoms with van der Waals surface area (Å²) in [5, 5.41) is 2.77. The second-order valence-electron chi connectivity index (χ2n) is 6.63. The number of carbonyl (C=O) groups is 2. The molecular weight excluding hydrogens is 361 g/mol. The van der Waals surface area contributed by atoms with Gasteiger partial charge in [0.05, 0.1) is 7.11 Å². The lowest BCUT2D eigenvalue weighted by Crippen LogP contribution is -2.29. The van der Waals surface area contributed by atoms with Crippen molar-refractivity contribution in [3.8, 4) is 5.75 Å². The van der Waals surface area contributed by atoms with Crippen LogP contribution in [0.1, 0.15) is 30.0 Å². The Morgan fingerprint density at radius 3 is 2.68 bits per heavy atom. The van der Waals surface area contributed by atoms with Crippen molar-refractivity contribution in [2.24, 2.45) is 0 Å². The van der Waals surface area contributed by atoms with Gasteiger partial charge in [0, 0.05) is 11.8 Å². The number of benzene rings is 2. The highest BCUT2D eigenvalue weighted by Gasteiger charge is 2.18. The summed E-state index contributed by atoms with van der Waals surface area (Å²) in [5.41, 5.74) is 3.73. The molecule has 0 aromatic heterocycles. The van der Waals surface area contributed by atoms with E-state index in [1.165, 1.54) is 43.4 Å². The van der Waals surface area contributed by atoms with Crippen LogP contribution in [-0.4, -0.2) is 25.1 Å². The van der Waals surface area contributed by atoms with Crippen molar-refractivity contribution in [2.75, 3.05) is 12.4 Å². The lowest BCUT2D eigenvalue weighted by atomic mass is 10.1. The minimum absolute atomic E-state index is 0.122. The highest BCUT2D eigenvalue weighted by molar-refractivity contribution is 5.96. The van der Waals surface area contributed by atoms with Crippen LogP contribution < -0.4 is 10.1 Å². The van der Waals surface area contributed by atoms with Gasteiger partial charge in [-0.15, -0.1) is 0 Å². The molecule has 0 saturated carbocycles. The summed E-state index contributed by atoms with van der Waals surface area (Å²) < 4.78 is 23.6. The van der Waals surface area contributed by atoms with Crippen LogP contribution in [0.4, 0.5) is 10.1 Å². The second-order valence-corrected chi connectivity index (χ2v) is 6.63. The minimum atomic E-state index is -0.960. The fourth-order valence-corrected chi connectivity index (χ4v) is 3.11. The number of aryl methyl sites for hydroxylation is 2. The van der Waals surface area contributed by atoms with Crippen LogP contribution in [-0.2, 0) is 27.2 Å². The van der Waals surface area contributed by atoms with E-state index in [0.717, 1.165) is 25.3 Å². The van der Waals surface area contributed by atoms with Gasteiger partial charge in [-0.1, -0.05) is 12.1 Å². The third-order valence-electron chi connectivity index (χ3n) is 4.62. The van der Waals surface area contributed by atoms with Crippen molar-refractivity contribution in [3.05, 3.63) is 65.0 Å². The van der Waals surface area contributed by atoms with E-state index in [2.05, 4.69) is 5.32 Å². The number of fused-ring (bicyclic) bond motifs is 1. The fraction of sp³-hybridized carbons (Fsp3) is 0.273. The highest BCUT2D eigenvalue weighted by atomic mass is 19.1. The SMILES string of the molecule is COc1ccc(/C=C/C(=O)O[C@H](C)C(=O)Nc2ccc3c(c2)CCC3)cc1F. The van der Waals surface area contributed by atoms with Gasteiger partial charge < -0.3 is 14.8 Å². The van der Waals surface area contributed by atoms with Crippen LogP contribution in [0.2, 0.25) is 0 Å². The lowest BCUT2D eigenvalue weighted by molar-refractivity contribution is -0.148. The Morgan fingerprint density at radius 2 is 1.93 bits per heavy atom. The largest absolute Gasteiger partial charge is 0.494 e. The Bertz CT molecular complexity index is 923. The molecule has 0 unspecified atom stereocenters. The molecule has 0 spiro atoms. The number of halogens is 1. The number of hydrogen-bond acceptors (Lipinski definition) is 4. The zero-order chi connectivity index (χ0) is 20.1. The van der Waals surface area contributed by atoms with Gasteiger partial charge in [0.1, 0.15) is 0 Å². The molecule has 1 atom stereocenters. The normalized spacial score (nSPS) is 13.8. The molecule has 0 radical (unpaired) electrons. The van der Waals surface area contributed by atoms with Crippen LogP contribution in [0.15, 0.2) is 42.5 Å². The second kappa shape index (κ2) is 8.69. The highest BCUT2D eigenvalue weighted by Crippen LogP contribution is 2.25. The number of methoxy groups -OCH3 is 1. The van der Waals surface area contributed by atoms with Gasteiger partial charge >= 0.3 is 5.97 Å². The van der Waals surface area contributed by atoms with Gasteiger partial charge in [-0.25, -0.2) is 9.18 Å². The van der Waals surface area contributed by atoms with Crippen molar-refractivity contribution in [3.63, 3.8) is 0 Å². The topological polar surface area (TPSA) is 64.6 Å². The summed E-state index contributed by atoms with van der Waals surface area (Å²) in [7, 11) is 1.38. The Morgan fingerprint density at radius 1 is 1.14 bits per heavy atom. The maximum atomic E-state index is 13.7. The summed E-state index contributed by atoms with van der Waals surface area (Å²) in [4.78, 5) is 24.2. The molecule has 0 bridgehead atoms. The molecule has 1 aliphatic rings. The molecular formula is C22H22FNO4. The van der Waals surface area contributed by atoms with Gasteiger partial charge in [-0.05, 0) is 73.2 Å². The predicted octanol–water partition coefficient (Wildman–Crippen LogP) is 3.91. The fourth-order valence-electron chi connectivity index (χ4n) is 3.11. The maximum Gasteiger partial charge on any atom is 0.331 e. The van der Waals surface area contributed by atoms with E-state index in [1.54, 1.807) is 6.07 Å². The standard InChI is InChI=1S/C22H22FNO4/c1-14(22(26)24-18-9-8-16-4-3-5-17(16)13-18)28-21(25)11-7-15-6-10-20(27-2)19(23)12-15/h6-14H,3-5H2,1-2H3,(H,24,26)/b11-7+/t14-/m1/s1. The molecule has 2 aromatic rings. The number of carbonyl (C=O) groups excluding carboxylic acids is 2. The Labute approximate surface area is 163 Å². The van der Waals surface area contributed by atoms with E-state index >= 15 is 0 Å². The minimum Gasteiger partial charge on any atom is -0.494 e. The third kappa shape index (κ3) is 4.76. The number of rotatable bonds is 6. The van der Waals surface area contributed by atoms with E-state index in [9.17, 15) is 14.0 Å². The first-order valence-corrected chi connectivity index (χ1v) is 9.11. The number of hydrogen-bond donors (Lipinski definition) is 1. The van der Waals surface area contributed by atoms with Crippen LogP contribution >= 0.6 is 0 Å². The molecule has 5 nitrogen and oxygen atoms in total. The summed E-state index contributed by atoms with van der Waals surface area (Å²) in [6.07, 6.45) is 4.82. The van der Waals surface area contributed by atoms with E-state index in [-0.39, 0.29) is 5.75 Å². The quantitative estimate of drug-likeness (QED) is 0.607. The molecule has 1 aliphatic carbocycles. The van der Waals surface area contributed by atoms with Crippen LogP contribution in [0.5, 0.6) is 5.75 Å². The molecule has 3 rings (SSSR count).